The lowest BCUT2D eigenvalue weighted by Gasteiger charge is -2.47. The molecular weight excluding hydrogens is 160 g/mol. The molecule has 1 saturated heterocycles. The highest BCUT2D eigenvalue weighted by molar-refractivity contribution is 5.83. The van der Waals surface area contributed by atoms with Crippen LogP contribution in [-0.4, -0.2) is 19.4 Å². The molecule has 0 spiro atoms. The fourth-order valence-corrected chi connectivity index (χ4v) is 2.42. The SMILES string of the molecule is CC.CN=C1CC2CC(C)C2CN1. The van der Waals surface area contributed by atoms with Crippen LogP contribution in [0.15, 0.2) is 4.99 Å². The van der Waals surface area contributed by atoms with E-state index in [2.05, 4.69) is 17.2 Å². The molecular formula is C11H22N2. The smallest absolute Gasteiger partial charge is 0.0962 e. The molecule has 76 valence electrons. The van der Waals surface area contributed by atoms with Gasteiger partial charge in [0.2, 0.25) is 0 Å². The average Bonchev–Trinajstić information content (AvgIpc) is 2.19. The minimum absolute atomic E-state index is 0.945. The summed E-state index contributed by atoms with van der Waals surface area (Å²) in [5, 5.41) is 3.38. The molecule has 1 aliphatic carbocycles. The number of fused-ring (bicyclic) bond motifs is 1. The van der Waals surface area contributed by atoms with E-state index in [0.29, 0.717) is 0 Å². The van der Waals surface area contributed by atoms with Gasteiger partial charge in [0.05, 0.1) is 5.84 Å². The Morgan fingerprint density at radius 1 is 1.38 bits per heavy atom. The van der Waals surface area contributed by atoms with Crippen molar-refractivity contribution in [3.8, 4) is 0 Å². The molecule has 2 fully saturated rings. The first-order chi connectivity index (χ1) is 6.31. The van der Waals surface area contributed by atoms with E-state index in [4.69, 9.17) is 0 Å². The van der Waals surface area contributed by atoms with Gasteiger partial charge >= 0.3 is 0 Å². The second kappa shape index (κ2) is 4.64. The van der Waals surface area contributed by atoms with Crippen molar-refractivity contribution < 1.29 is 0 Å². The Morgan fingerprint density at radius 3 is 2.54 bits per heavy atom. The topological polar surface area (TPSA) is 24.4 Å². The largest absolute Gasteiger partial charge is 0.374 e. The van der Waals surface area contributed by atoms with Gasteiger partial charge in [0, 0.05) is 20.0 Å². The van der Waals surface area contributed by atoms with Gasteiger partial charge in [0.25, 0.3) is 0 Å². The van der Waals surface area contributed by atoms with Crippen LogP contribution in [0.25, 0.3) is 0 Å². The molecule has 0 aromatic rings. The van der Waals surface area contributed by atoms with E-state index in [-0.39, 0.29) is 0 Å². The Kier molecular flexibility index (Phi) is 3.76. The van der Waals surface area contributed by atoms with Crippen LogP contribution in [0.4, 0.5) is 0 Å². The van der Waals surface area contributed by atoms with Gasteiger partial charge in [-0.2, -0.15) is 0 Å². The van der Waals surface area contributed by atoms with E-state index in [0.717, 1.165) is 17.8 Å². The quantitative estimate of drug-likeness (QED) is 0.611. The molecule has 0 amide bonds. The van der Waals surface area contributed by atoms with Gasteiger partial charge in [0.15, 0.2) is 0 Å². The second-order valence-corrected chi connectivity index (χ2v) is 3.89. The van der Waals surface area contributed by atoms with E-state index < -0.39 is 0 Å². The summed E-state index contributed by atoms with van der Waals surface area (Å²) in [4.78, 5) is 4.20. The average molecular weight is 182 g/mol. The van der Waals surface area contributed by atoms with Gasteiger partial charge in [-0.25, -0.2) is 0 Å². The van der Waals surface area contributed by atoms with Gasteiger partial charge in [0.1, 0.15) is 0 Å². The minimum Gasteiger partial charge on any atom is -0.374 e. The Morgan fingerprint density at radius 2 is 2.08 bits per heavy atom. The molecule has 2 heteroatoms. The first-order valence-corrected chi connectivity index (χ1v) is 5.50. The van der Waals surface area contributed by atoms with Crippen LogP contribution in [-0.2, 0) is 0 Å². The number of nitrogens with one attached hydrogen (secondary N) is 1. The molecule has 1 aliphatic heterocycles. The van der Waals surface area contributed by atoms with Crippen LogP contribution in [0.3, 0.4) is 0 Å². The fourth-order valence-electron chi connectivity index (χ4n) is 2.42. The summed E-state index contributed by atoms with van der Waals surface area (Å²) in [6, 6.07) is 0. The predicted molar refractivity (Wildman–Crippen MR) is 58.1 cm³/mol. The minimum atomic E-state index is 0.945. The summed E-state index contributed by atoms with van der Waals surface area (Å²) < 4.78 is 0. The highest BCUT2D eigenvalue weighted by Crippen LogP contribution is 2.43. The van der Waals surface area contributed by atoms with Crippen LogP contribution in [0.1, 0.15) is 33.6 Å². The molecule has 0 aromatic heterocycles. The van der Waals surface area contributed by atoms with Gasteiger partial charge in [-0.1, -0.05) is 20.8 Å². The Balaban J connectivity index is 0.000000396. The van der Waals surface area contributed by atoms with Crippen LogP contribution < -0.4 is 5.32 Å². The summed E-state index contributed by atoms with van der Waals surface area (Å²) in [5.74, 6) is 4.06. The van der Waals surface area contributed by atoms with Crippen molar-refractivity contribution in [3.63, 3.8) is 0 Å². The first kappa shape index (κ1) is 10.6. The van der Waals surface area contributed by atoms with Crippen LogP contribution in [0.5, 0.6) is 0 Å². The number of hydrogen-bond acceptors (Lipinski definition) is 1. The third kappa shape index (κ3) is 2.04. The monoisotopic (exact) mass is 182 g/mol. The Hall–Kier alpha value is -0.530. The highest BCUT2D eigenvalue weighted by atomic mass is 15.0. The summed E-state index contributed by atoms with van der Waals surface area (Å²) in [6.45, 7) is 7.52. The normalized spacial score (nSPS) is 39.4. The maximum absolute atomic E-state index is 4.20. The van der Waals surface area contributed by atoms with Crippen molar-refractivity contribution in [2.75, 3.05) is 13.6 Å². The van der Waals surface area contributed by atoms with Crippen molar-refractivity contribution in [1.82, 2.24) is 5.32 Å². The Bertz CT molecular complexity index is 187. The van der Waals surface area contributed by atoms with Gasteiger partial charge in [-0.3, -0.25) is 4.99 Å². The Labute approximate surface area is 81.8 Å². The van der Waals surface area contributed by atoms with Gasteiger partial charge in [-0.05, 0) is 24.2 Å². The molecule has 2 nitrogen and oxygen atoms in total. The van der Waals surface area contributed by atoms with E-state index in [1.54, 1.807) is 0 Å². The molecule has 2 rings (SSSR count). The summed E-state index contributed by atoms with van der Waals surface area (Å²) in [6.07, 6.45) is 2.62. The number of nitrogens with zero attached hydrogens (tertiary/aromatic N) is 1. The molecule has 0 bridgehead atoms. The summed E-state index contributed by atoms with van der Waals surface area (Å²) >= 11 is 0. The van der Waals surface area contributed by atoms with E-state index in [1.807, 2.05) is 20.9 Å². The van der Waals surface area contributed by atoms with Gasteiger partial charge < -0.3 is 5.32 Å². The van der Waals surface area contributed by atoms with Crippen LogP contribution in [0.2, 0.25) is 0 Å². The number of aliphatic imine (C=N–C) groups is 1. The van der Waals surface area contributed by atoms with E-state index in [9.17, 15) is 0 Å². The lowest BCUT2D eigenvalue weighted by Crippen LogP contribution is -2.50. The predicted octanol–water partition coefficient (Wildman–Crippen LogP) is 2.31. The molecule has 1 N–H and O–H groups in total. The van der Waals surface area contributed by atoms with Crippen molar-refractivity contribution in [3.05, 3.63) is 0 Å². The van der Waals surface area contributed by atoms with Crippen molar-refractivity contribution in [2.24, 2.45) is 22.7 Å². The highest BCUT2D eigenvalue weighted by Gasteiger charge is 2.40. The zero-order chi connectivity index (χ0) is 9.84. The number of piperidine rings is 1. The van der Waals surface area contributed by atoms with Crippen molar-refractivity contribution in [2.45, 2.75) is 33.6 Å². The first-order valence-electron chi connectivity index (χ1n) is 5.50. The lowest BCUT2D eigenvalue weighted by molar-refractivity contribution is 0.0830. The molecule has 0 aromatic carbocycles. The molecule has 1 heterocycles. The zero-order valence-electron chi connectivity index (χ0n) is 9.30. The summed E-state index contributed by atoms with van der Waals surface area (Å²) in [7, 11) is 1.88. The van der Waals surface area contributed by atoms with Gasteiger partial charge in [-0.15, -0.1) is 0 Å². The van der Waals surface area contributed by atoms with Crippen LogP contribution >= 0.6 is 0 Å². The number of hydrogen-bond donors (Lipinski definition) is 1. The standard InChI is InChI=1S/C9H16N2.C2H6/c1-6-3-7-4-9(10-2)11-5-8(6)7;1-2/h6-8H,3-5H2,1-2H3,(H,10,11);1-2H3. The molecule has 13 heavy (non-hydrogen) atoms. The molecule has 2 aliphatic rings. The third-order valence-corrected chi connectivity index (χ3v) is 3.28. The van der Waals surface area contributed by atoms with E-state index in [1.165, 1.54) is 25.2 Å². The maximum atomic E-state index is 4.20. The third-order valence-electron chi connectivity index (χ3n) is 3.28. The molecule has 0 radical (unpaired) electrons. The fraction of sp³-hybridized carbons (Fsp3) is 0.909. The molecule has 1 saturated carbocycles. The summed E-state index contributed by atoms with van der Waals surface area (Å²) in [5.41, 5.74) is 0. The van der Waals surface area contributed by atoms with Crippen molar-refractivity contribution >= 4 is 5.84 Å². The maximum Gasteiger partial charge on any atom is 0.0962 e. The lowest BCUT2D eigenvalue weighted by atomic mass is 9.63. The van der Waals surface area contributed by atoms with Crippen LogP contribution in [0, 0.1) is 17.8 Å². The number of rotatable bonds is 0. The number of amidine groups is 1. The molecule has 3 unspecified atom stereocenters. The van der Waals surface area contributed by atoms with E-state index >= 15 is 0 Å². The second-order valence-electron chi connectivity index (χ2n) is 3.89. The molecule has 3 atom stereocenters. The van der Waals surface area contributed by atoms with Crippen molar-refractivity contribution in [1.29, 1.82) is 0 Å². The zero-order valence-corrected chi connectivity index (χ0v) is 9.30.